The highest BCUT2D eigenvalue weighted by molar-refractivity contribution is 5.94. The highest BCUT2D eigenvalue weighted by Crippen LogP contribution is 2.12. The summed E-state index contributed by atoms with van der Waals surface area (Å²) < 4.78 is 13.6. The van der Waals surface area contributed by atoms with E-state index >= 15 is 0 Å². The van der Waals surface area contributed by atoms with Gasteiger partial charge < -0.3 is 10.2 Å². The Morgan fingerprint density at radius 3 is 2.46 bits per heavy atom. The zero-order valence-corrected chi connectivity index (χ0v) is 15.9. The molecule has 0 spiro atoms. The van der Waals surface area contributed by atoms with Crippen molar-refractivity contribution < 1.29 is 9.18 Å². The predicted molar refractivity (Wildman–Crippen MR) is 110 cm³/mol. The van der Waals surface area contributed by atoms with Gasteiger partial charge >= 0.3 is 0 Å². The lowest BCUT2D eigenvalue weighted by atomic mass is 10.1. The van der Waals surface area contributed by atoms with E-state index in [-0.39, 0.29) is 11.7 Å². The Morgan fingerprint density at radius 1 is 1.04 bits per heavy atom. The average molecular weight is 377 g/mol. The molecule has 5 heteroatoms. The second-order valence-corrected chi connectivity index (χ2v) is 6.51. The number of aromatic nitrogens is 1. The van der Waals surface area contributed by atoms with Gasteiger partial charge in [0.15, 0.2) is 0 Å². The number of benzene rings is 2. The summed E-state index contributed by atoms with van der Waals surface area (Å²) in [6, 6.07) is 20.2. The van der Waals surface area contributed by atoms with Crippen LogP contribution in [-0.4, -0.2) is 28.9 Å². The Balaban J connectivity index is 1.56. The zero-order chi connectivity index (χ0) is 19.8. The lowest BCUT2D eigenvalue weighted by Gasteiger charge is -2.21. The molecule has 0 saturated carbocycles. The maximum Gasteiger partial charge on any atom is 0.255 e. The van der Waals surface area contributed by atoms with E-state index in [0.29, 0.717) is 43.0 Å². The Bertz CT molecular complexity index is 897. The van der Waals surface area contributed by atoms with Gasteiger partial charge in [-0.15, -0.1) is 0 Å². The number of nitrogens with one attached hydrogen (secondary N) is 1. The molecule has 0 radical (unpaired) electrons. The topological polar surface area (TPSA) is 45.2 Å². The molecule has 0 aliphatic heterocycles. The van der Waals surface area contributed by atoms with Gasteiger partial charge in [-0.2, -0.15) is 0 Å². The van der Waals surface area contributed by atoms with Crippen LogP contribution in [0.4, 0.5) is 10.2 Å². The van der Waals surface area contributed by atoms with Gasteiger partial charge in [0.25, 0.3) is 5.91 Å². The SMILES string of the molecule is CCN(Cc1ccccc1)C(=O)c1ccc(NCCc2ccccc2F)nc1. The van der Waals surface area contributed by atoms with E-state index in [2.05, 4.69) is 10.3 Å². The molecular weight excluding hydrogens is 353 g/mol. The molecule has 0 saturated heterocycles. The molecule has 0 aliphatic carbocycles. The fourth-order valence-corrected chi connectivity index (χ4v) is 2.96. The first kappa shape index (κ1) is 19.5. The van der Waals surface area contributed by atoms with Crippen molar-refractivity contribution in [3.05, 3.63) is 95.4 Å². The van der Waals surface area contributed by atoms with Crippen molar-refractivity contribution in [3.8, 4) is 0 Å². The Hall–Kier alpha value is -3.21. The van der Waals surface area contributed by atoms with Crippen LogP contribution >= 0.6 is 0 Å². The van der Waals surface area contributed by atoms with Crippen LogP contribution in [0.3, 0.4) is 0 Å². The number of rotatable bonds is 8. The highest BCUT2D eigenvalue weighted by atomic mass is 19.1. The minimum atomic E-state index is -0.198. The van der Waals surface area contributed by atoms with Gasteiger partial charge in [-0.3, -0.25) is 4.79 Å². The van der Waals surface area contributed by atoms with Gasteiger partial charge in [-0.25, -0.2) is 9.37 Å². The second kappa shape index (κ2) is 9.65. The molecule has 1 amide bonds. The lowest BCUT2D eigenvalue weighted by molar-refractivity contribution is 0.0752. The van der Waals surface area contributed by atoms with Crippen LogP contribution in [0.15, 0.2) is 72.9 Å². The van der Waals surface area contributed by atoms with Crippen molar-refractivity contribution in [1.29, 1.82) is 0 Å². The summed E-state index contributed by atoms with van der Waals surface area (Å²) >= 11 is 0. The molecule has 1 N–H and O–H groups in total. The molecule has 0 atom stereocenters. The third-order valence-corrected chi connectivity index (χ3v) is 4.55. The molecule has 3 rings (SSSR count). The number of hydrogen-bond acceptors (Lipinski definition) is 3. The van der Waals surface area contributed by atoms with E-state index in [0.717, 1.165) is 5.56 Å². The van der Waals surface area contributed by atoms with Gasteiger partial charge in [0.2, 0.25) is 0 Å². The first-order valence-corrected chi connectivity index (χ1v) is 9.44. The average Bonchev–Trinajstić information content (AvgIpc) is 2.74. The molecule has 144 valence electrons. The Kier molecular flexibility index (Phi) is 6.73. The standard InChI is InChI=1S/C23H24FN3O/c1-2-27(17-18-8-4-3-5-9-18)23(28)20-12-13-22(26-16-20)25-15-14-19-10-6-7-11-21(19)24/h3-13,16H,2,14-15,17H2,1H3,(H,25,26). The zero-order valence-electron chi connectivity index (χ0n) is 15.9. The van der Waals surface area contributed by atoms with Crippen molar-refractivity contribution in [2.75, 3.05) is 18.4 Å². The van der Waals surface area contributed by atoms with E-state index in [4.69, 9.17) is 0 Å². The molecule has 0 aliphatic rings. The minimum Gasteiger partial charge on any atom is -0.370 e. The summed E-state index contributed by atoms with van der Waals surface area (Å²) in [4.78, 5) is 18.9. The van der Waals surface area contributed by atoms with Crippen molar-refractivity contribution in [1.82, 2.24) is 9.88 Å². The van der Waals surface area contributed by atoms with Crippen molar-refractivity contribution in [2.45, 2.75) is 19.9 Å². The number of halogens is 1. The van der Waals surface area contributed by atoms with Crippen molar-refractivity contribution >= 4 is 11.7 Å². The number of nitrogens with zero attached hydrogens (tertiary/aromatic N) is 2. The number of carbonyl (C=O) groups is 1. The Labute approximate surface area is 165 Å². The molecule has 0 fully saturated rings. The summed E-state index contributed by atoms with van der Waals surface area (Å²) in [5, 5.41) is 3.17. The maximum absolute atomic E-state index is 13.6. The predicted octanol–water partition coefficient (Wildman–Crippen LogP) is 4.54. The van der Waals surface area contributed by atoms with E-state index in [1.165, 1.54) is 6.07 Å². The van der Waals surface area contributed by atoms with Gasteiger partial charge in [-0.05, 0) is 42.7 Å². The second-order valence-electron chi connectivity index (χ2n) is 6.51. The van der Waals surface area contributed by atoms with E-state index in [1.807, 2.05) is 43.3 Å². The summed E-state index contributed by atoms with van der Waals surface area (Å²) in [5.41, 5.74) is 2.32. The van der Waals surface area contributed by atoms with Crippen LogP contribution in [0.2, 0.25) is 0 Å². The fraction of sp³-hybridized carbons (Fsp3) is 0.217. The first-order valence-electron chi connectivity index (χ1n) is 9.44. The quantitative estimate of drug-likeness (QED) is 0.627. The molecule has 0 unspecified atom stereocenters. The molecule has 0 bridgehead atoms. The van der Waals surface area contributed by atoms with E-state index in [1.54, 1.807) is 35.4 Å². The summed E-state index contributed by atoms with van der Waals surface area (Å²) in [6.07, 6.45) is 2.15. The molecular formula is C23H24FN3O. The van der Waals surface area contributed by atoms with Crippen LogP contribution < -0.4 is 5.32 Å². The fourth-order valence-electron chi connectivity index (χ4n) is 2.96. The van der Waals surface area contributed by atoms with Gasteiger partial charge in [0.1, 0.15) is 11.6 Å². The summed E-state index contributed by atoms with van der Waals surface area (Å²) in [7, 11) is 0. The van der Waals surface area contributed by atoms with Crippen molar-refractivity contribution in [2.24, 2.45) is 0 Å². The third kappa shape index (κ3) is 5.16. The number of hydrogen-bond donors (Lipinski definition) is 1. The Morgan fingerprint density at radius 2 is 1.79 bits per heavy atom. The summed E-state index contributed by atoms with van der Waals surface area (Å²) in [5.74, 6) is 0.423. The number of amides is 1. The highest BCUT2D eigenvalue weighted by Gasteiger charge is 2.15. The minimum absolute atomic E-state index is 0.0447. The lowest BCUT2D eigenvalue weighted by Crippen LogP contribution is -2.30. The van der Waals surface area contributed by atoms with E-state index < -0.39 is 0 Å². The van der Waals surface area contributed by atoms with Crippen LogP contribution in [0, 0.1) is 5.82 Å². The molecule has 4 nitrogen and oxygen atoms in total. The van der Waals surface area contributed by atoms with Gasteiger partial charge in [0, 0.05) is 25.8 Å². The van der Waals surface area contributed by atoms with Gasteiger partial charge in [-0.1, -0.05) is 48.5 Å². The van der Waals surface area contributed by atoms with E-state index in [9.17, 15) is 9.18 Å². The monoisotopic (exact) mass is 377 g/mol. The summed E-state index contributed by atoms with van der Waals surface area (Å²) in [6.45, 7) is 3.72. The number of pyridine rings is 1. The number of carbonyl (C=O) groups excluding carboxylic acids is 1. The van der Waals surface area contributed by atoms with Crippen LogP contribution in [0.25, 0.3) is 0 Å². The van der Waals surface area contributed by atoms with Gasteiger partial charge in [0.05, 0.1) is 5.56 Å². The maximum atomic E-state index is 13.6. The van der Waals surface area contributed by atoms with Crippen LogP contribution in [0.5, 0.6) is 0 Å². The normalized spacial score (nSPS) is 10.5. The first-order chi connectivity index (χ1) is 13.7. The molecule has 1 aromatic heterocycles. The molecule has 28 heavy (non-hydrogen) atoms. The third-order valence-electron chi connectivity index (χ3n) is 4.55. The van der Waals surface area contributed by atoms with Crippen LogP contribution in [0.1, 0.15) is 28.4 Å². The largest absolute Gasteiger partial charge is 0.370 e. The van der Waals surface area contributed by atoms with Crippen molar-refractivity contribution in [3.63, 3.8) is 0 Å². The molecule has 1 heterocycles. The smallest absolute Gasteiger partial charge is 0.255 e. The number of anilines is 1. The van der Waals surface area contributed by atoms with Crippen LogP contribution in [-0.2, 0) is 13.0 Å². The molecule has 2 aromatic carbocycles. The molecule has 3 aromatic rings.